The summed E-state index contributed by atoms with van der Waals surface area (Å²) in [5.74, 6) is 1.17. The Hall–Kier alpha value is -2.28. The van der Waals surface area contributed by atoms with Gasteiger partial charge in [0, 0.05) is 12.6 Å². The van der Waals surface area contributed by atoms with E-state index in [9.17, 15) is 9.59 Å². The Kier molecular flexibility index (Phi) is 7.47. The summed E-state index contributed by atoms with van der Waals surface area (Å²) in [4.78, 5) is 23.6. The van der Waals surface area contributed by atoms with E-state index in [1.54, 1.807) is 13.0 Å². The second kappa shape index (κ2) is 9.60. The van der Waals surface area contributed by atoms with Crippen LogP contribution in [0.4, 0.5) is 5.82 Å². The van der Waals surface area contributed by atoms with Gasteiger partial charge in [0.05, 0.1) is 11.5 Å². The average molecular weight is 390 g/mol. The van der Waals surface area contributed by atoms with Crippen molar-refractivity contribution in [3.63, 3.8) is 0 Å². The van der Waals surface area contributed by atoms with E-state index >= 15 is 0 Å². The number of benzene rings is 1. The van der Waals surface area contributed by atoms with E-state index in [1.165, 1.54) is 22.9 Å². The van der Waals surface area contributed by atoms with Gasteiger partial charge >= 0.3 is 0 Å². The zero-order valence-corrected chi connectivity index (χ0v) is 17.1. The number of nitrogens with one attached hydrogen (secondary N) is 2. The van der Waals surface area contributed by atoms with Crippen LogP contribution >= 0.6 is 11.8 Å². The predicted molar refractivity (Wildman–Crippen MR) is 109 cm³/mol. The highest BCUT2D eigenvalue weighted by Crippen LogP contribution is 2.22. The molecule has 1 heterocycles. The summed E-state index contributed by atoms with van der Waals surface area (Å²) in [6.07, 6.45) is 0.785. The summed E-state index contributed by atoms with van der Waals surface area (Å²) in [6, 6.07) is 10.1. The standard InChI is InChI=1S/C20H27N3O3S/c1-14-11-17(23-26-14)22-19(25)13-27-12-18(24)21-10-9-15-5-7-16(8-6-15)20(2,3)4/h5-8,11H,9-10,12-13H2,1-4H3,(H,21,24)(H,22,23,25). The second-order valence-corrected chi connectivity index (χ2v) is 8.40. The Morgan fingerprint density at radius 1 is 1.11 bits per heavy atom. The molecule has 0 aliphatic carbocycles. The van der Waals surface area contributed by atoms with Gasteiger partial charge in [-0.25, -0.2) is 0 Å². The molecule has 0 unspecified atom stereocenters. The molecule has 2 N–H and O–H groups in total. The third kappa shape index (κ3) is 7.46. The number of anilines is 1. The molecule has 0 spiro atoms. The number of aromatic nitrogens is 1. The molecule has 1 aromatic carbocycles. The number of aryl methyl sites for hydroxylation is 1. The van der Waals surface area contributed by atoms with Crippen molar-refractivity contribution in [2.45, 2.75) is 39.5 Å². The molecule has 0 saturated carbocycles. The van der Waals surface area contributed by atoms with Crippen LogP contribution < -0.4 is 10.6 Å². The molecule has 27 heavy (non-hydrogen) atoms. The van der Waals surface area contributed by atoms with Crippen LogP contribution in [0.5, 0.6) is 0 Å². The fourth-order valence-corrected chi connectivity index (χ4v) is 3.06. The fraction of sp³-hybridized carbons (Fsp3) is 0.450. The normalized spacial score (nSPS) is 11.3. The molecular weight excluding hydrogens is 362 g/mol. The van der Waals surface area contributed by atoms with E-state index in [-0.39, 0.29) is 28.7 Å². The lowest BCUT2D eigenvalue weighted by Crippen LogP contribution is -2.28. The molecule has 2 amide bonds. The molecule has 2 aromatic rings. The minimum atomic E-state index is -0.208. The molecule has 0 radical (unpaired) electrons. The summed E-state index contributed by atoms with van der Waals surface area (Å²) >= 11 is 1.26. The van der Waals surface area contributed by atoms with Crippen molar-refractivity contribution in [2.24, 2.45) is 0 Å². The summed E-state index contributed by atoms with van der Waals surface area (Å²) in [6.45, 7) is 8.89. The first kappa shape index (κ1) is 21.0. The molecule has 0 aliphatic heterocycles. The SMILES string of the molecule is Cc1cc(NC(=O)CSCC(=O)NCCc2ccc(C(C)(C)C)cc2)no1. The Labute approximate surface area is 164 Å². The lowest BCUT2D eigenvalue weighted by Gasteiger charge is -2.19. The van der Waals surface area contributed by atoms with Crippen molar-refractivity contribution in [1.29, 1.82) is 0 Å². The average Bonchev–Trinajstić information content (AvgIpc) is 2.99. The van der Waals surface area contributed by atoms with Gasteiger partial charge in [-0.15, -0.1) is 11.8 Å². The van der Waals surface area contributed by atoms with Crippen LogP contribution in [-0.4, -0.2) is 35.0 Å². The Balaban J connectivity index is 1.61. The first-order valence-corrected chi connectivity index (χ1v) is 10.1. The molecule has 0 bridgehead atoms. The summed E-state index contributed by atoms with van der Waals surface area (Å²) < 4.78 is 4.88. The summed E-state index contributed by atoms with van der Waals surface area (Å²) in [7, 11) is 0. The minimum Gasteiger partial charge on any atom is -0.360 e. The lowest BCUT2D eigenvalue weighted by atomic mass is 9.86. The van der Waals surface area contributed by atoms with E-state index in [1.807, 2.05) is 0 Å². The van der Waals surface area contributed by atoms with Gasteiger partial charge in [0.2, 0.25) is 11.8 Å². The zero-order valence-electron chi connectivity index (χ0n) is 16.3. The molecule has 1 aromatic heterocycles. The Morgan fingerprint density at radius 3 is 2.37 bits per heavy atom. The van der Waals surface area contributed by atoms with Gasteiger partial charge in [-0.3, -0.25) is 9.59 Å². The van der Waals surface area contributed by atoms with Crippen molar-refractivity contribution >= 4 is 29.4 Å². The highest BCUT2D eigenvalue weighted by molar-refractivity contribution is 8.00. The molecule has 2 rings (SSSR count). The first-order valence-electron chi connectivity index (χ1n) is 8.91. The molecule has 146 valence electrons. The maximum atomic E-state index is 11.9. The predicted octanol–water partition coefficient (Wildman–Crippen LogP) is 3.31. The summed E-state index contributed by atoms with van der Waals surface area (Å²) in [5, 5.41) is 9.20. The monoisotopic (exact) mass is 389 g/mol. The quantitative estimate of drug-likeness (QED) is 0.724. The fourth-order valence-electron chi connectivity index (χ4n) is 2.41. The number of rotatable bonds is 8. The van der Waals surface area contributed by atoms with Crippen molar-refractivity contribution in [3.05, 3.63) is 47.2 Å². The van der Waals surface area contributed by atoms with Gasteiger partial charge in [0.1, 0.15) is 5.76 Å². The first-order chi connectivity index (χ1) is 12.7. The van der Waals surface area contributed by atoms with E-state index < -0.39 is 0 Å². The Bertz CT molecular complexity index is 764. The maximum Gasteiger partial charge on any atom is 0.235 e. The number of carbonyl (C=O) groups excluding carboxylic acids is 2. The highest BCUT2D eigenvalue weighted by Gasteiger charge is 2.13. The smallest absolute Gasteiger partial charge is 0.235 e. The third-order valence-electron chi connectivity index (χ3n) is 3.92. The zero-order chi connectivity index (χ0) is 19.9. The number of carbonyl (C=O) groups is 2. The van der Waals surface area contributed by atoms with Crippen LogP contribution in [-0.2, 0) is 21.4 Å². The van der Waals surface area contributed by atoms with Crippen LogP contribution in [0, 0.1) is 6.92 Å². The topological polar surface area (TPSA) is 84.2 Å². The number of hydrogen-bond acceptors (Lipinski definition) is 5. The number of thioether (sulfide) groups is 1. The number of nitrogens with zero attached hydrogens (tertiary/aromatic N) is 1. The largest absolute Gasteiger partial charge is 0.360 e. The van der Waals surface area contributed by atoms with E-state index in [2.05, 4.69) is 60.8 Å². The van der Waals surface area contributed by atoms with Gasteiger partial charge < -0.3 is 15.2 Å². The number of amides is 2. The second-order valence-electron chi connectivity index (χ2n) is 7.41. The van der Waals surface area contributed by atoms with Crippen molar-refractivity contribution in [3.8, 4) is 0 Å². The molecule has 7 heteroatoms. The highest BCUT2D eigenvalue weighted by atomic mass is 32.2. The van der Waals surface area contributed by atoms with Crippen LogP contribution in [0.1, 0.15) is 37.7 Å². The Morgan fingerprint density at radius 2 is 1.78 bits per heavy atom. The summed E-state index contributed by atoms with van der Waals surface area (Å²) in [5.41, 5.74) is 2.63. The van der Waals surface area contributed by atoms with Crippen molar-refractivity contribution in [1.82, 2.24) is 10.5 Å². The lowest BCUT2D eigenvalue weighted by molar-refractivity contribution is -0.118. The molecule has 0 fully saturated rings. The van der Waals surface area contributed by atoms with Gasteiger partial charge in [-0.05, 0) is 29.9 Å². The molecule has 0 aliphatic rings. The molecule has 6 nitrogen and oxygen atoms in total. The maximum absolute atomic E-state index is 11.9. The molecule has 0 saturated heterocycles. The van der Waals surface area contributed by atoms with Crippen LogP contribution in [0.2, 0.25) is 0 Å². The van der Waals surface area contributed by atoms with Gasteiger partial charge in [0.25, 0.3) is 0 Å². The van der Waals surface area contributed by atoms with Crippen molar-refractivity contribution < 1.29 is 14.1 Å². The van der Waals surface area contributed by atoms with Crippen LogP contribution in [0.25, 0.3) is 0 Å². The van der Waals surface area contributed by atoms with Gasteiger partial charge in [-0.1, -0.05) is 50.2 Å². The third-order valence-corrected chi connectivity index (χ3v) is 4.85. The van der Waals surface area contributed by atoms with Crippen LogP contribution in [0.3, 0.4) is 0 Å². The van der Waals surface area contributed by atoms with Gasteiger partial charge in [0.15, 0.2) is 5.82 Å². The van der Waals surface area contributed by atoms with E-state index in [4.69, 9.17) is 4.52 Å². The molecule has 0 atom stereocenters. The van der Waals surface area contributed by atoms with Gasteiger partial charge in [-0.2, -0.15) is 0 Å². The van der Waals surface area contributed by atoms with E-state index in [0.717, 1.165) is 6.42 Å². The number of hydrogen-bond donors (Lipinski definition) is 2. The van der Waals surface area contributed by atoms with E-state index in [0.29, 0.717) is 18.1 Å². The molecular formula is C20H27N3O3S. The van der Waals surface area contributed by atoms with Crippen LogP contribution in [0.15, 0.2) is 34.9 Å². The van der Waals surface area contributed by atoms with Crippen molar-refractivity contribution in [2.75, 3.05) is 23.4 Å². The minimum absolute atomic E-state index is 0.0728.